The van der Waals surface area contributed by atoms with Gasteiger partial charge in [0.25, 0.3) is 5.91 Å². The van der Waals surface area contributed by atoms with Gasteiger partial charge in [-0.05, 0) is 32.3 Å². The van der Waals surface area contributed by atoms with Crippen LogP contribution < -0.4 is 5.32 Å². The van der Waals surface area contributed by atoms with Crippen molar-refractivity contribution >= 4 is 5.91 Å². The molecule has 2 aromatic rings. The zero-order chi connectivity index (χ0) is 15.4. The molecule has 1 atom stereocenters. The van der Waals surface area contributed by atoms with Crippen LogP contribution in [-0.2, 0) is 6.42 Å². The lowest BCUT2D eigenvalue weighted by Crippen LogP contribution is -2.29. The summed E-state index contributed by atoms with van der Waals surface area (Å²) in [5.74, 6) is 0.459. The van der Waals surface area contributed by atoms with E-state index in [1.165, 1.54) is 5.56 Å². The average molecular weight is 286 g/mol. The maximum Gasteiger partial charge on any atom is 0.257 e. The molecular weight excluding hydrogens is 264 g/mol. The second-order valence-corrected chi connectivity index (χ2v) is 5.26. The first-order valence-corrected chi connectivity index (χ1v) is 7.39. The van der Waals surface area contributed by atoms with Crippen molar-refractivity contribution < 1.29 is 9.32 Å². The van der Waals surface area contributed by atoms with Crippen LogP contribution in [-0.4, -0.2) is 11.1 Å². The Morgan fingerprint density at radius 2 is 1.90 bits per heavy atom. The zero-order valence-corrected chi connectivity index (χ0v) is 13.1. The fourth-order valence-electron chi connectivity index (χ4n) is 2.40. The van der Waals surface area contributed by atoms with Gasteiger partial charge in [-0.3, -0.25) is 4.79 Å². The third-order valence-corrected chi connectivity index (χ3v) is 3.69. The van der Waals surface area contributed by atoms with E-state index in [-0.39, 0.29) is 11.9 Å². The predicted molar refractivity (Wildman–Crippen MR) is 82.3 cm³/mol. The molecule has 2 rings (SSSR count). The number of nitrogens with one attached hydrogen (secondary N) is 1. The molecule has 4 heteroatoms. The van der Waals surface area contributed by atoms with Crippen molar-refractivity contribution in [3.63, 3.8) is 0 Å². The van der Waals surface area contributed by atoms with Gasteiger partial charge in [0.1, 0.15) is 11.3 Å². The molecule has 1 heterocycles. The second-order valence-electron chi connectivity index (χ2n) is 5.26. The summed E-state index contributed by atoms with van der Waals surface area (Å²) in [7, 11) is 0. The summed E-state index contributed by atoms with van der Waals surface area (Å²) >= 11 is 0. The Bertz CT molecular complexity index is 614. The molecule has 1 aromatic heterocycles. The summed E-state index contributed by atoms with van der Waals surface area (Å²) in [5.41, 5.74) is 3.61. The third-order valence-electron chi connectivity index (χ3n) is 3.69. The van der Waals surface area contributed by atoms with Crippen LogP contribution in [0.15, 0.2) is 28.8 Å². The van der Waals surface area contributed by atoms with E-state index < -0.39 is 0 Å². The Balaban J connectivity index is 2.20. The smallest absolute Gasteiger partial charge is 0.257 e. The van der Waals surface area contributed by atoms with E-state index in [4.69, 9.17) is 4.52 Å². The minimum atomic E-state index is -0.113. The highest BCUT2D eigenvalue weighted by atomic mass is 16.5. The van der Waals surface area contributed by atoms with Crippen molar-refractivity contribution in [1.29, 1.82) is 0 Å². The molecule has 1 aromatic carbocycles. The minimum Gasteiger partial charge on any atom is -0.361 e. The summed E-state index contributed by atoms with van der Waals surface area (Å²) in [6.07, 6.45) is 1.52. The molecule has 0 aliphatic rings. The van der Waals surface area contributed by atoms with Crippen LogP contribution in [0.2, 0.25) is 0 Å². The maximum absolute atomic E-state index is 12.5. The molecule has 0 bridgehead atoms. The summed E-state index contributed by atoms with van der Waals surface area (Å²) < 4.78 is 5.13. The van der Waals surface area contributed by atoms with Gasteiger partial charge in [-0.25, -0.2) is 0 Å². The van der Waals surface area contributed by atoms with E-state index in [0.717, 1.165) is 12.0 Å². The molecule has 1 amide bonds. The first-order chi connectivity index (χ1) is 10.1. The lowest BCUT2D eigenvalue weighted by Gasteiger charge is -2.17. The number of benzene rings is 1. The first-order valence-electron chi connectivity index (χ1n) is 7.39. The SMILES string of the molecule is CCc1noc(C)c1C(=O)N[C@H](CC)c1ccc(C)cc1. The van der Waals surface area contributed by atoms with Crippen LogP contribution >= 0.6 is 0 Å². The van der Waals surface area contributed by atoms with Crippen molar-refractivity contribution in [2.75, 3.05) is 0 Å². The quantitative estimate of drug-likeness (QED) is 0.911. The number of nitrogens with zero attached hydrogens (tertiary/aromatic N) is 1. The van der Waals surface area contributed by atoms with Gasteiger partial charge in [0.15, 0.2) is 0 Å². The summed E-state index contributed by atoms with van der Waals surface area (Å²) in [6.45, 7) is 7.85. The Labute approximate surface area is 125 Å². The van der Waals surface area contributed by atoms with Crippen LogP contribution in [0.1, 0.15) is 59.2 Å². The summed E-state index contributed by atoms with van der Waals surface area (Å²) in [5, 5.41) is 7.02. The van der Waals surface area contributed by atoms with Gasteiger partial charge in [-0.15, -0.1) is 0 Å². The van der Waals surface area contributed by atoms with E-state index in [1.54, 1.807) is 6.92 Å². The van der Waals surface area contributed by atoms with Crippen molar-refractivity contribution in [3.05, 3.63) is 52.4 Å². The van der Waals surface area contributed by atoms with Gasteiger partial charge in [0.2, 0.25) is 0 Å². The molecule has 0 saturated carbocycles. The minimum absolute atomic E-state index is 0.00268. The highest BCUT2D eigenvalue weighted by molar-refractivity contribution is 5.96. The third kappa shape index (κ3) is 3.32. The Hall–Kier alpha value is -2.10. The monoisotopic (exact) mass is 286 g/mol. The molecule has 1 N–H and O–H groups in total. The number of hydrogen-bond acceptors (Lipinski definition) is 3. The van der Waals surface area contributed by atoms with Gasteiger partial charge >= 0.3 is 0 Å². The molecule has 0 spiro atoms. The number of aromatic nitrogens is 1. The van der Waals surface area contributed by atoms with Gasteiger partial charge in [-0.1, -0.05) is 48.8 Å². The summed E-state index contributed by atoms with van der Waals surface area (Å²) in [4.78, 5) is 12.5. The maximum atomic E-state index is 12.5. The van der Waals surface area contributed by atoms with Gasteiger partial charge in [0, 0.05) is 0 Å². The van der Waals surface area contributed by atoms with Crippen LogP contribution in [0.5, 0.6) is 0 Å². The standard InChI is InChI=1S/C17H22N2O2/c1-5-14(13-9-7-11(3)8-10-13)18-17(20)16-12(4)21-19-15(16)6-2/h7-10,14H,5-6H2,1-4H3,(H,18,20)/t14-/m1/s1. The molecule has 0 fully saturated rings. The zero-order valence-electron chi connectivity index (χ0n) is 13.1. The van der Waals surface area contributed by atoms with Crippen LogP contribution in [0.3, 0.4) is 0 Å². The van der Waals surface area contributed by atoms with Crippen molar-refractivity contribution in [2.45, 2.75) is 46.6 Å². The van der Waals surface area contributed by atoms with E-state index in [9.17, 15) is 4.79 Å². The van der Waals surface area contributed by atoms with Crippen molar-refractivity contribution in [2.24, 2.45) is 0 Å². The highest BCUT2D eigenvalue weighted by Gasteiger charge is 2.21. The van der Waals surface area contributed by atoms with E-state index in [1.807, 2.05) is 6.92 Å². The number of rotatable bonds is 5. The first kappa shape index (κ1) is 15.3. The molecule has 0 unspecified atom stereocenters. The fourth-order valence-corrected chi connectivity index (χ4v) is 2.40. The fraction of sp³-hybridized carbons (Fsp3) is 0.412. The molecule has 21 heavy (non-hydrogen) atoms. The van der Waals surface area contributed by atoms with E-state index in [2.05, 4.69) is 48.6 Å². The molecule has 112 valence electrons. The van der Waals surface area contributed by atoms with Crippen LogP contribution in [0.25, 0.3) is 0 Å². The number of aryl methyl sites for hydroxylation is 3. The highest BCUT2D eigenvalue weighted by Crippen LogP contribution is 2.20. The number of amides is 1. The molecule has 0 aliphatic carbocycles. The molecule has 4 nitrogen and oxygen atoms in total. The van der Waals surface area contributed by atoms with Gasteiger partial charge in [-0.2, -0.15) is 0 Å². The molecule has 0 radical (unpaired) electrons. The van der Waals surface area contributed by atoms with Crippen molar-refractivity contribution in [3.8, 4) is 0 Å². The molecule has 0 aliphatic heterocycles. The lowest BCUT2D eigenvalue weighted by atomic mass is 10.0. The van der Waals surface area contributed by atoms with Crippen LogP contribution in [0, 0.1) is 13.8 Å². The van der Waals surface area contributed by atoms with Crippen molar-refractivity contribution in [1.82, 2.24) is 10.5 Å². The lowest BCUT2D eigenvalue weighted by molar-refractivity contribution is 0.0933. The number of hydrogen-bond donors (Lipinski definition) is 1. The number of carbonyl (C=O) groups excluding carboxylic acids is 1. The van der Waals surface area contributed by atoms with E-state index in [0.29, 0.717) is 23.4 Å². The second kappa shape index (κ2) is 6.57. The Morgan fingerprint density at radius 3 is 2.48 bits per heavy atom. The Kier molecular flexibility index (Phi) is 4.78. The van der Waals surface area contributed by atoms with Gasteiger partial charge in [0.05, 0.1) is 11.7 Å². The summed E-state index contributed by atoms with van der Waals surface area (Å²) in [6, 6.07) is 8.24. The normalized spacial score (nSPS) is 12.2. The number of carbonyl (C=O) groups is 1. The Morgan fingerprint density at radius 1 is 1.24 bits per heavy atom. The molecular formula is C17H22N2O2. The largest absolute Gasteiger partial charge is 0.361 e. The average Bonchev–Trinajstić information content (AvgIpc) is 2.86. The predicted octanol–water partition coefficient (Wildman–Crippen LogP) is 3.73. The van der Waals surface area contributed by atoms with Crippen LogP contribution in [0.4, 0.5) is 0 Å². The van der Waals surface area contributed by atoms with E-state index >= 15 is 0 Å². The topological polar surface area (TPSA) is 55.1 Å². The van der Waals surface area contributed by atoms with Gasteiger partial charge < -0.3 is 9.84 Å². The molecule has 0 saturated heterocycles.